The lowest BCUT2D eigenvalue weighted by molar-refractivity contribution is 0.174. The highest BCUT2D eigenvalue weighted by molar-refractivity contribution is 5.72. The number of anilines is 1. The van der Waals surface area contributed by atoms with Crippen LogP contribution in [0.15, 0.2) is 85.1 Å². The molecular weight excluding hydrogens is 686 g/mol. The number of piperidine rings is 1. The van der Waals surface area contributed by atoms with Gasteiger partial charge >= 0.3 is 0 Å². The molecule has 0 bridgehead atoms. The fourth-order valence-electron chi connectivity index (χ4n) is 7.35. The maximum Gasteiger partial charge on any atom is 0.231 e. The van der Waals surface area contributed by atoms with Gasteiger partial charge in [-0.15, -0.1) is 0 Å². The van der Waals surface area contributed by atoms with E-state index < -0.39 is 0 Å². The van der Waals surface area contributed by atoms with Gasteiger partial charge in [0.05, 0.1) is 48.4 Å². The van der Waals surface area contributed by atoms with E-state index in [9.17, 15) is 0 Å². The third-order valence-electron chi connectivity index (χ3n) is 10.2. The molecule has 282 valence electrons. The van der Waals surface area contributed by atoms with Crippen LogP contribution in [-0.2, 0) is 13.1 Å². The molecule has 11 nitrogen and oxygen atoms in total. The zero-order chi connectivity index (χ0) is 37.6. The molecule has 0 saturated carbocycles. The molecule has 0 radical (unpaired) electrons. The highest BCUT2D eigenvalue weighted by Gasteiger charge is 2.27. The number of hydrogen-bond donors (Lipinski definition) is 0. The predicted molar refractivity (Wildman–Crippen MR) is 208 cm³/mol. The van der Waals surface area contributed by atoms with Crippen molar-refractivity contribution < 1.29 is 37.9 Å². The van der Waals surface area contributed by atoms with E-state index in [4.69, 9.17) is 37.9 Å². The van der Waals surface area contributed by atoms with Gasteiger partial charge in [0.2, 0.25) is 18.3 Å². The largest absolute Gasteiger partial charge is 0.493 e. The van der Waals surface area contributed by atoms with E-state index in [0.29, 0.717) is 40.5 Å². The Morgan fingerprint density at radius 2 is 1.20 bits per heavy atom. The lowest BCUT2D eigenvalue weighted by Gasteiger charge is -2.40. The minimum atomic E-state index is 0.246. The van der Waals surface area contributed by atoms with Gasteiger partial charge < -0.3 is 42.8 Å². The second-order valence-electron chi connectivity index (χ2n) is 13.2. The number of ether oxygens (including phenoxy) is 8. The Morgan fingerprint density at radius 3 is 1.80 bits per heavy atom. The SMILES string of the molecule is COc1cc(-c2ccc(CN(c3ccc4c(c3)OCO4)C3CCN(Cc4ccnc(-c5cc(OC)c(OC)c(OC)c5)c4)CC3)cc2)cc(OC)c1OC. The first-order valence-electron chi connectivity index (χ1n) is 18.0. The second-order valence-corrected chi connectivity index (χ2v) is 13.2. The topological polar surface area (TPSA) is 93.2 Å². The van der Waals surface area contributed by atoms with E-state index in [2.05, 4.69) is 63.3 Å². The van der Waals surface area contributed by atoms with Crippen LogP contribution < -0.4 is 42.8 Å². The molecule has 0 unspecified atom stereocenters. The summed E-state index contributed by atoms with van der Waals surface area (Å²) in [6.07, 6.45) is 3.90. The number of rotatable bonds is 14. The zero-order valence-electron chi connectivity index (χ0n) is 31.7. The van der Waals surface area contributed by atoms with Gasteiger partial charge in [-0.3, -0.25) is 9.88 Å². The van der Waals surface area contributed by atoms with Crippen LogP contribution in [0.1, 0.15) is 24.0 Å². The highest BCUT2D eigenvalue weighted by atomic mass is 16.7. The molecule has 2 aliphatic heterocycles. The van der Waals surface area contributed by atoms with Crippen molar-refractivity contribution in [3.63, 3.8) is 0 Å². The van der Waals surface area contributed by atoms with E-state index in [1.807, 2.05) is 36.5 Å². The van der Waals surface area contributed by atoms with Gasteiger partial charge in [0.1, 0.15) is 0 Å². The molecule has 0 atom stereocenters. The minimum absolute atomic E-state index is 0.246. The molecule has 5 aromatic rings. The standard InChI is InChI=1S/C43H47N3O8/c1-47-38-20-31(21-39(48-2)42(38)51-5)30-9-7-28(8-10-30)26-46(34-11-12-36-37(24-34)54-27-53-36)33-14-17-45(18-15-33)25-29-13-16-44-35(19-29)32-22-40(49-3)43(52-6)41(23-32)50-4/h7-13,16,19-24,33H,14-15,17-18,25-27H2,1-6H3. The van der Waals surface area contributed by atoms with Crippen LogP contribution in [0.3, 0.4) is 0 Å². The predicted octanol–water partition coefficient (Wildman–Crippen LogP) is 7.87. The molecular formula is C43H47N3O8. The van der Waals surface area contributed by atoms with Crippen LogP contribution in [0.25, 0.3) is 22.4 Å². The Bertz CT molecular complexity index is 2010. The summed E-state index contributed by atoms with van der Waals surface area (Å²) in [7, 11) is 9.73. The van der Waals surface area contributed by atoms with Crippen molar-refractivity contribution in [2.45, 2.75) is 32.0 Å². The first-order valence-corrected chi connectivity index (χ1v) is 18.0. The summed E-state index contributed by atoms with van der Waals surface area (Å²) < 4.78 is 44.9. The van der Waals surface area contributed by atoms with Gasteiger partial charge in [-0.1, -0.05) is 24.3 Å². The number of methoxy groups -OCH3 is 6. The molecule has 4 aromatic carbocycles. The summed E-state index contributed by atoms with van der Waals surface area (Å²) in [5.41, 5.74) is 7.34. The van der Waals surface area contributed by atoms with E-state index in [1.54, 1.807) is 42.7 Å². The van der Waals surface area contributed by atoms with Gasteiger partial charge in [0, 0.05) is 55.7 Å². The number of nitrogens with zero attached hydrogens (tertiary/aromatic N) is 3. The van der Waals surface area contributed by atoms with Gasteiger partial charge in [0.25, 0.3) is 0 Å². The number of hydrogen-bond acceptors (Lipinski definition) is 11. The average Bonchev–Trinajstić information content (AvgIpc) is 3.70. The second kappa shape index (κ2) is 16.5. The van der Waals surface area contributed by atoms with Crippen LogP contribution in [0, 0.1) is 0 Å². The fraction of sp³-hybridized carbons (Fsp3) is 0.326. The zero-order valence-corrected chi connectivity index (χ0v) is 31.7. The van der Waals surface area contributed by atoms with E-state index in [1.165, 1.54) is 11.1 Å². The van der Waals surface area contributed by atoms with Crippen LogP contribution >= 0.6 is 0 Å². The van der Waals surface area contributed by atoms with E-state index in [-0.39, 0.29) is 6.79 Å². The number of benzene rings is 4. The quantitative estimate of drug-likeness (QED) is 0.112. The lowest BCUT2D eigenvalue weighted by atomic mass is 9.99. The van der Waals surface area contributed by atoms with Crippen molar-refractivity contribution in [3.05, 3.63) is 96.2 Å². The number of fused-ring (bicyclic) bond motifs is 1. The molecule has 11 heteroatoms. The summed E-state index contributed by atoms with van der Waals surface area (Å²) in [5, 5.41) is 0. The highest BCUT2D eigenvalue weighted by Crippen LogP contribution is 2.43. The molecule has 0 aliphatic carbocycles. The van der Waals surface area contributed by atoms with Crippen molar-refractivity contribution >= 4 is 5.69 Å². The Morgan fingerprint density at radius 1 is 0.611 bits per heavy atom. The van der Waals surface area contributed by atoms with Gasteiger partial charge in [-0.25, -0.2) is 0 Å². The van der Waals surface area contributed by atoms with E-state index in [0.717, 1.165) is 78.6 Å². The fourth-order valence-corrected chi connectivity index (χ4v) is 7.35. The Hall–Kier alpha value is -5.81. The Kier molecular flexibility index (Phi) is 11.1. The Labute approximate surface area is 316 Å². The van der Waals surface area contributed by atoms with Gasteiger partial charge in [0.15, 0.2) is 34.5 Å². The molecule has 1 fully saturated rings. The normalized spacial score (nSPS) is 14.0. The first-order chi connectivity index (χ1) is 26.4. The Balaban J connectivity index is 1.07. The van der Waals surface area contributed by atoms with Crippen LogP contribution in [0.2, 0.25) is 0 Å². The summed E-state index contributed by atoms with van der Waals surface area (Å²) in [6, 6.07) is 27.4. The molecule has 54 heavy (non-hydrogen) atoms. The van der Waals surface area contributed by atoms with Crippen molar-refractivity contribution in [3.8, 4) is 68.4 Å². The molecule has 2 aliphatic rings. The number of likely N-dealkylation sites (tertiary alicyclic amines) is 1. The van der Waals surface area contributed by atoms with Crippen molar-refractivity contribution in [1.29, 1.82) is 0 Å². The minimum Gasteiger partial charge on any atom is -0.493 e. The molecule has 1 aromatic heterocycles. The first kappa shape index (κ1) is 36.5. The smallest absolute Gasteiger partial charge is 0.231 e. The van der Waals surface area contributed by atoms with Crippen molar-refractivity contribution in [2.24, 2.45) is 0 Å². The number of pyridine rings is 1. The van der Waals surface area contributed by atoms with Gasteiger partial charge in [-0.05, 0) is 83.6 Å². The number of aromatic nitrogens is 1. The molecule has 1 saturated heterocycles. The van der Waals surface area contributed by atoms with Crippen molar-refractivity contribution in [1.82, 2.24) is 9.88 Å². The van der Waals surface area contributed by atoms with Crippen LogP contribution in [-0.4, -0.2) is 78.5 Å². The molecule has 0 amide bonds. The molecule has 0 spiro atoms. The molecule has 7 rings (SSSR count). The maximum absolute atomic E-state index is 5.80. The maximum atomic E-state index is 5.80. The lowest BCUT2D eigenvalue weighted by Crippen LogP contribution is -2.44. The third-order valence-corrected chi connectivity index (χ3v) is 10.2. The van der Waals surface area contributed by atoms with Crippen LogP contribution in [0.5, 0.6) is 46.0 Å². The third kappa shape index (κ3) is 7.63. The van der Waals surface area contributed by atoms with Gasteiger partial charge in [-0.2, -0.15) is 0 Å². The summed E-state index contributed by atoms with van der Waals surface area (Å²) in [5.74, 6) is 5.15. The molecule has 0 N–H and O–H groups in total. The molecule has 3 heterocycles. The summed E-state index contributed by atoms with van der Waals surface area (Å²) in [4.78, 5) is 9.71. The van der Waals surface area contributed by atoms with E-state index >= 15 is 0 Å². The summed E-state index contributed by atoms with van der Waals surface area (Å²) >= 11 is 0. The van der Waals surface area contributed by atoms with Crippen molar-refractivity contribution in [2.75, 3.05) is 67.4 Å². The average molecular weight is 734 g/mol. The monoisotopic (exact) mass is 733 g/mol. The van der Waals surface area contributed by atoms with Crippen LogP contribution in [0.4, 0.5) is 5.69 Å². The summed E-state index contributed by atoms with van der Waals surface area (Å²) in [6.45, 7) is 3.76.